The molecule has 1 heterocycles. The fourth-order valence-corrected chi connectivity index (χ4v) is 3.29. The van der Waals surface area contributed by atoms with E-state index in [-0.39, 0.29) is 12.5 Å². The SMILES string of the molecule is O=C(O)Cc1cc(Cl)cc(Oc2ccc(Br)cc2CN2CCOC2=O)c1. The molecule has 0 radical (unpaired) electrons. The fraction of sp³-hybridized carbons (Fsp3) is 0.222. The van der Waals surface area contributed by atoms with Crippen molar-refractivity contribution in [2.45, 2.75) is 13.0 Å². The van der Waals surface area contributed by atoms with Crippen LogP contribution in [0.3, 0.4) is 0 Å². The van der Waals surface area contributed by atoms with Crippen LogP contribution in [0.25, 0.3) is 0 Å². The van der Waals surface area contributed by atoms with Crippen molar-refractivity contribution in [2.24, 2.45) is 0 Å². The Morgan fingerprint density at radius 2 is 2.12 bits per heavy atom. The zero-order chi connectivity index (χ0) is 18.7. The van der Waals surface area contributed by atoms with Gasteiger partial charge in [-0.1, -0.05) is 27.5 Å². The number of hydrogen-bond acceptors (Lipinski definition) is 4. The molecular weight excluding hydrogens is 426 g/mol. The molecule has 0 atom stereocenters. The van der Waals surface area contributed by atoms with Crippen molar-refractivity contribution < 1.29 is 24.2 Å². The molecule has 0 spiro atoms. The van der Waals surface area contributed by atoms with Crippen LogP contribution in [0.4, 0.5) is 4.79 Å². The van der Waals surface area contributed by atoms with Crippen LogP contribution in [0.2, 0.25) is 5.02 Å². The van der Waals surface area contributed by atoms with E-state index in [0.29, 0.717) is 41.8 Å². The summed E-state index contributed by atoms with van der Waals surface area (Å²) in [6, 6.07) is 10.3. The van der Waals surface area contributed by atoms with Crippen molar-refractivity contribution in [1.29, 1.82) is 0 Å². The molecule has 26 heavy (non-hydrogen) atoms. The molecule has 1 fully saturated rings. The number of cyclic esters (lactones) is 1. The largest absolute Gasteiger partial charge is 0.481 e. The van der Waals surface area contributed by atoms with Gasteiger partial charge in [-0.15, -0.1) is 0 Å². The zero-order valence-corrected chi connectivity index (χ0v) is 15.9. The van der Waals surface area contributed by atoms with E-state index in [1.807, 2.05) is 12.1 Å². The highest BCUT2D eigenvalue weighted by Gasteiger charge is 2.23. The van der Waals surface area contributed by atoms with Crippen molar-refractivity contribution in [1.82, 2.24) is 4.90 Å². The number of carboxylic acids is 1. The summed E-state index contributed by atoms with van der Waals surface area (Å²) in [5.41, 5.74) is 1.33. The minimum Gasteiger partial charge on any atom is -0.481 e. The van der Waals surface area contributed by atoms with Crippen molar-refractivity contribution in [3.8, 4) is 11.5 Å². The van der Waals surface area contributed by atoms with Gasteiger partial charge >= 0.3 is 12.1 Å². The summed E-state index contributed by atoms with van der Waals surface area (Å²) >= 11 is 9.49. The lowest BCUT2D eigenvalue weighted by molar-refractivity contribution is -0.136. The standard InChI is InChI=1S/C18H15BrClNO5/c19-13-1-2-16(12(8-13)10-21-3-4-25-18(21)24)26-15-6-11(7-17(22)23)5-14(20)9-15/h1-2,5-6,8-9H,3-4,7,10H2,(H,22,23). The van der Waals surface area contributed by atoms with Gasteiger partial charge in [0.15, 0.2) is 0 Å². The maximum Gasteiger partial charge on any atom is 0.410 e. The molecule has 0 aromatic heterocycles. The lowest BCUT2D eigenvalue weighted by Crippen LogP contribution is -2.23. The van der Waals surface area contributed by atoms with E-state index < -0.39 is 5.97 Å². The third-order valence-corrected chi connectivity index (χ3v) is 4.45. The second-order valence-corrected chi connectivity index (χ2v) is 7.11. The highest BCUT2D eigenvalue weighted by atomic mass is 79.9. The van der Waals surface area contributed by atoms with E-state index in [9.17, 15) is 9.59 Å². The molecule has 2 aromatic rings. The van der Waals surface area contributed by atoms with E-state index in [1.165, 1.54) is 0 Å². The molecule has 3 rings (SSSR count). The minimum atomic E-state index is -0.949. The number of nitrogens with zero attached hydrogens (tertiary/aromatic N) is 1. The normalized spacial score (nSPS) is 13.6. The molecule has 0 aliphatic carbocycles. The second kappa shape index (κ2) is 7.97. The van der Waals surface area contributed by atoms with Crippen molar-refractivity contribution in [2.75, 3.05) is 13.2 Å². The van der Waals surface area contributed by atoms with Crippen LogP contribution in [0.15, 0.2) is 40.9 Å². The van der Waals surface area contributed by atoms with E-state index in [0.717, 1.165) is 10.0 Å². The Balaban J connectivity index is 1.86. The monoisotopic (exact) mass is 439 g/mol. The van der Waals surface area contributed by atoms with E-state index >= 15 is 0 Å². The van der Waals surface area contributed by atoms with Crippen LogP contribution < -0.4 is 4.74 Å². The third kappa shape index (κ3) is 4.68. The Morgan fingerprint density at radius 1 is 1.31 bits per heavy atom. The van der Waals surface area contributed by atoms with Crippen LogP contribution >= 0.6 is 27.5 Å². The van der Waals surface area contributed by atoms with E-state index in [4.69, 9.17) is 26.2 Å². The molecule has 1 N–H and O–H groups in total. The molecule has 0 unspecified atom stereocenters. The molecule has 0 saturated carbocycles. The first-order valence-electron chi connectivity index (χ1n) is 7.80. The van der Waals surface area contributed by atoms with Gasteiger partial charge in [0.25, 0.3) is 0 Å². The van der Waals surface area contributed by atoms with Gasteiger partial charge in [0.2, 0.25) is 0 Å². The number of aliphatic carboxylic acids is 1. The Labute approximate surface area is 163 Å². The quantitative estimate of drug-likeness (QED) is 0.717. The van der Waals surface area contributed by atoms with Gasteiger partial charge in [-0.05, 0) is 42.0 Å². The first kappa shape index (κ1) is 18.5. The molecule has 6 nitrogen and oxygen atoms in total. The Hall–Kier alpha value is -2.25. The molecule has 8 heteroatoms. The number of carbonyl (C=O) groups is 2. The molecule has 1 aliphatic rings. The first-order chi connectivity index (χ1) is 12.4. The van der Waals surface area contributed by atoms with Gasteiger partial charge in [0, 0.05) is 15.1 Å². The van der Waals surface area contributed by atoms with Gasteiger partial charge < -0.3 is 19.5 Å². The summed E-state index contributed by atoms with van der Waals surface area (Å²) in [4.78, 5) is 24.2. The lowest BCUT2D eigenvalue weighted by atomic mass is 10.1. The number of benzene rings is 2. The van der Waals surface area contributed by atoms with Crippen LogP contribution in [0.1, 0.15) is 11.1 Å². The number of rotatable bonds is 6. The average Bonchev–Trinajstić information content (AvgIpc) is 2.94. The number of halogens is 2. The van der Waals surface area contributed by atoms with Gasteiger partial charge in [0.1, 0.15) is 18.1 Å². The van der Waals surface area contributed by atoms with E-state index in [1.54, 1.807) is 29.2 Å². The third-order valence-electron chi connectivity index (χ3n) is 3.74. The molecular formula is C18H15BrClNO5. The van der Waals surface area contributed by atoms with Crippen molar-refractivity contribution in [3.63, 3.8) is 0 Å². The predicted molar refractivity (Wildman–Crippen MR) is 98.8 cm³/mol. The van der Waals surface area contributed by atoms with E-state index in [2.05, 4.69) is 15.9 Å². The van der Waals surface area contributed by atoms with Gasteiger partial charge in [0.05, 0.1) is 19.5 Å². The van der Waals surface area contributed by atoms with Crippen molar-refractivity contribution in [3.05, 3.63) is 57.0 Å². The number of amides is 1. The van der Waals surface area contributed by atoms with Crippen molar-refractivity contribution >= 4 is 39.6 Å². The highest BCUT2D eigenvalue weighted by Crippen LogP contribution is 2.31. The van der Waals surface area contributed by atoms with Gasteiger partial charge in [-0.3, -0.25) is 4.79 Å². The maximum atomic E-state index is 11.7. The summed E-state index contributed by atoms with van der Waals surface area (Å²) in [7, 11) is 0. The van der Waals surface area contributed by atoms with Crippen LogP contribution in [0.5, 0.6) is 11.5 Å². The number of hydrogen-bond donors (Lipinski definition) is 1. The molecule has 136 valence electrons. The van der Waals surface area contributed by atoms with Crippen LogP contribution in [-0.2, 0) is 22.5 Å². The minimum absolute atomic E-state index is 0.149. The summed E-state index contributed by atoms with van der Waals surface area (Å²) in [5.74, 6) is 0.0351. The zero-order valence-electron chi connectivity index (χ0n) is 13.6. The number of carbonyl (C=O) groups excluding carboxylic acids is 1. The van der Waals surface area contributed by atoms with Crippen LogP contribution in [0, 0.1) is 0 Å². The first-order valence-corrected chi connectivity index (χ1v) is 8.97. The molecule has 1 amide bonds. The Morgan fingerprint density at radius 3 is 2.81 bits per heavy atom. The topological polar surface area (TPSA) is 76.1 Å². The van der Waals surface area contributed by atoms with Crippen LogP contribution in [-0.4, -0.2) is 35.2 Å². The molecule has 0 bridgehead atoms. The Kier molecular flexibility index (Phi) is 5.68. The Bertz CT molecular complexity index is 857. The lowest BCUT2D eigenvalue weighted by Gasteiger charge is -2.17. The summed E-state index contributed by atoms with van der Waals surface area (Å²) in [5, 5.41) is 9.35. The smallest absolute Gasteiger partial charge is 0.410 e. The van der Waals surface area contributed by atoms with Gasteiger partial charge in [-0.2, -0.15) is 0 Å². The summed E-state index contributed by atoms with van der Waals surface area (Å²) in [6.07, 6.45) is -0.508. The average molecular weight is 441 g/mol. The summed E-state index contributed by atoms with van der Waals surface area (Å²) < 4.78 is 11.7. The fourth-order valence-electron chi connectivity index (χ4n) is 2.63. The maximum absolute atomic E-state index is 11.7. The van der Waals surface area contributed by atoms with Gasteiger partial charge in [-0.25, -0.2) is 4.79 Å². The molecule has 1 saturated heterocycles. The molecule has 2 aromatic carbocycles. The highest BCUT2D eigenvalue weighted by molar-refractivity contribution is 9.10. The molecule has 1 aliphatic heterocycles. The predicted octanol–water partition coefficient (Wildman–Crippen LogP) is 4.47. The number of carboxylic acid groups (broad SMARTS) is 1. The second-order valence-electron chi connectivity index (χ2n) is 5.76. The number of ether oxygens (including phenoxy) is 2. The summed E-state index contributed by atoms with van der Waals surface area (Å²) in [6.45, 7) is 1.23.